The summed E-state index contributed by atoms with van der Waals surface area (Å²) in [4.78, 5) is 34.7. The van der Waals surface area contributed by atoms with E-state index in [4.69, 9.17) is 0 Å². The highest BCUT2D eigenvalue weighted by Crippen LogP contribution is 2.17. The summed E-state index contributed by atoms with van der Waals surface area (Å²) in [5, 5.41) is 24.9. The maximum absolute atomic E-state index is 12.3. The zero-order valence-corrected chi connectivity index (χ0v) is 17.7. The van der Waals surface area contributed by atoms with Gasteiger partial charge in [0.25, 0.3) is 11.6 Å². The Balaban J connectivity index is 1.53. The van der Waals surface area contributed by atoms with Crippen LogP contribution in [0.3, 0.4) is 0 Å². The SMILES string of the molecule is Cc1ccc(NC(=O)CSc2nnc(CNC(=O)c3cccc([N+](=O)[O-])c3)n2C)cc1. The van der Waals surface area contributed by atoms with Gasteiger partial charge in [-0.2, -0.15) is 0 Å². The second kappa shape index (κ2) is 9.85. The Kier molecular flexibility index (Phi) is 6.98. The molecule has 3 rings (SSSR count). The molecule has 2 amide bonds. The van der Waals surface area contributed by atoms with Gasteiger partial charge in [-0.05, 0) is 25.1 Å². The van der Waals surface area contributed by atoms with Crippen LogP contribution in [0.25, 0.3) is 0 Å². The van der Waals surface area contributed by atoms with Gasteiger partial charge in [-0.1, -0.05) is 35.5 Å². The summed E-state index contributed by atoms with van der Waals surface area (Å²) in [5.41, 5.74) is 1.85. The van der Waals surface area contributed by atoms with E-state index in [1.54, 1.807) is 11.6 Å². The largest absolute Gasteiger partial charge is 0.345 e. The van der Waals surface area contributed by atoms with Crippen molar-refractivity contribution in [2.24, 2.45) is 7.05 Å². The summed E-state index contributed by atoms with van der Waals surface area (Å²) in [6.07, 6.45) is 0. The maximum atomic E-state index is 12.3. The third-order valence-corrected chi connectivity index (χ3v) is 5.34. The second-order valence-corrected chi connectivity index (χ2v) is 7.59. The molecule has 1 aromatic heterocycles. The Morgan fingerprint density at radius 2 is 1.90 bits per heavy atom. The molecular formula is C20H20N6O4S. The van der Waals surface area contributed by atoms with Crippen molar-refractivity contribution in [1.82, 2.24) is 20.1 Å². The van der Waals surface area contributed by atoms with Gasteiger partial charge in [-0.25, -0.2) is 0 Å². The number of amides is 2. The highest BCUT2D eigenvalue weighted by Gasteiger charge is 2.15. The van der Waals surface area contributed by atoms with Crippen LogP contribution < -0.4 is 10.6 Å². The number of anilines is 1. The fourth-order valence-corrected chi connectivity index (χ4v) is 3.34. The molecule has 0 aliphatic carbocycles. The summed E-state index contributed by atoms with van der Waals surface area (Å²) >= 11 is 1.22. The fourth-order valence-electron chi connectivity index (χ4n) is 2.61. The molecule has 0 radical (unpaired) electrons. The Bertz CT molecular complexity index is 1110. The van der Waals surface area contributed by atoms with Crippen molar-refractivity contribution < 1.29 is 14.5 Å². The first-order valence-corrected chi connectivity index (χ1v) is 10.2. The van der Waals surface area contributed by atoms with Crippen molar-refractivity contribution in [3.05, 3.63) is 75.6 Å². The molecule has 0 aliphatic heterocycles. The molecule has 0 bridgehead atoms. The van der Waals surface area contributed by atoms with Gasteiger partial charge in [0.15, 0.2) is 11.0 Å². The van der Waals surface area contributed by atoms with Gasteiger partial charge in [0.05, 0.1) is 17.2 Å². The lowest BCUT2D eigenvalue weighted by atomic mass is 10.2. The molecule has 2 aromatic carbocycles. The molecule has 10 nitrogen and oxygen atoms in total. The number of nitro benzene ring substituents is 1. The van der Waals surface area contributed by atoms with Crippen LogP contribution in [0.2, 0.25) is 0 Å². The van der Waals surface area contributed by atoms with Gasteiger partial charge in [-0.15, -0.1) is 10.2 Å². The van der Waals surface area contributed by atoms with E-state index in [9.17, 15) is 19.7 Å². The number of non-ortho nitro benzene ring substituents is 1. The number of carbonyl (C=O) groups excluding carboxylic acids is 2. The molecule has 0 spiro atoms. The smallest absolute Gasteiger partial charge is 0.270 e. The molecule has 0 aliphatic rings. The van der Waals surface area contributed by atoms with Gasteiger partial charge in [-0.3, -0.25) is 19.7 Å². The van der Waals surface area contributed by atoms with E-state index in [-0.39, 0.29) is 29.5 Å². The van der Waals surface area contributed by atoms with Crippen LogP contribution in [0, 0.1) is 17.0 Å². The zero-order chi connectivity index (χ0) is 22.4. The number of thioether (sulfide) groups is 1. The predicted octanol–water partition coefficient (Wildman–Crippen LogP) is 2.69. The van der Waals surface area contributed by atoms with Gasteiger partial charge in [0.1, 0.15) is 0 Å². The quantitative estimate of drug-likeness (QED) is 0.313. The number of nitrogens with zero attached hydrogens (tertiary/aromatic N) is 4. The maximum Gasteiger partial charge on any atom is 0.270 e. The minimum atomic E-state index is -0.558. The third kappa shape index (κ3) is 5.89. The number of nitro groups is 1. The zero-order valence-electron chi connectivity index (χ0n) is 16.9. The lowest BCUT2D eigenvalue weighted by Crippen LogP contribution is -2.24. The van der Waals surface area contributed by atoms with E-state index in [0.717, 1.165) is 11.3 Å². The molecule has 160 valence electrons. The lowest BCUT2D eigenvalue weighted by molar-refractivity contribution is -0.384. The van der Waals surface area contributed by atoms with Crippen molar-refractivity contribution >= 4 is 35.0 Å². The standard InChI is InChI=1S/C20H20N6O4S/c1-13-6-8-15(9-7-13)22-18(27)12-31-20-24-23-17(25(20)2)11-21-19(28)14-4-3-5-16(10-14)26(29)30/h3-10H,11-12H2,1-2H3,(H,21,28)(H,22,27). The minimum absolute atomic E-state index is 0.0845. The molecule has 2 N–H and O–H groups in total. The first-order chi connectivity index (χ1) is 14.8. The van der Waals surface area contributed by atoms with Crippen LogP contribution in [-0.4, -0.2) is 37.3 Å². The van der Waals surface area contributed by atoms with Crippen molar-refractivity contribution in [1.29, 1.82) is 0 Å². The molecule has 0 saturated heterocycles. The van der Waals surface area contributed by atoms with Crippen molar-refractivity contribution in [2.45, 2.75) is 18.6 Å². The molecule has 31 heavy (non-hydrogen) atoms. The normalized spacial score (nSPS) is 10.5. The average molecular weight is 440 g/mol. The number of benzene rings is 2. The van der Waals surface area contributed by atoms with Crippen LogP contribution in [0.5, 0.6) is 0 Å². The number of rotatable bonds is 8. The van der Waals surface area contributed by atoms with Crippen molar-refractivity contribution in [3.63, 3.8) is 0 Å². The van der Waals surface area contributed by atoms with Gasteiger partial charge in [0.2, 0.25) is 5.91 Å². The van der Waals surface area contributed by atoms with E-state index < -0.39 is 10.8 Å². The van der Waals surface area contributed by atoms with E-state index >= 15 is 0 Å². The summed E-state index contributed by atoms with van der Waals surface area (Å²) < 4.78 is 1.68. The van der Waals surface area contributed by atoms with Gasteiger partial charge >= 0.3 is 0 Å². The van der Waals surface area contributed by atoms with E-state index in [0.29, 0.717) is 11.0 Å². The number of hydrogen-bond donors (Lipinski definition) is 2. The van der Waals surface area contributed by atoms with Crippen LogP contribution in [0.4, 0.5) is 11.4 Å². The molecule has 1 heterocycles. The lowest BCUT2D eigenvalue weighted by Gasteiger charge is -2.07. The van der Waals surface area contributed by atoms with Crippen LogP contribution in [0.15, 0.2) is 53.7 Å². The number of aryl methyl sites for hydroxylation is 1. The average Bonchev–Trinajstić information content (AvgIpc) is 3.11. The van der Waals surface area contributed by atoms with Gasteiger partial charge < -0.3 is 15.2 Å². The van der Waals surface area contributed by atoms with E-state index in [2.05, 4.69) is 20.8 Å². The molecule has 11 heteroatoms. The van der Waals surface area contributed by atoms with Crippen molar-refractivity contribution in [3.8, 4) is 0 Å². The number of carbonyl (C=O) groups is 2. The summed E-state index contributed by atoms with van der Waals surface area (Å²) in [6.45, 7) is 2.06. The number of nitrogens with one attached hydrogen (secondary N) is 2. The Morgan fingerprint density at radius 3 is 2.61 bits per heavy atom. The highest BCUT2D eigenvalue weighted by molar-refractivity contribution is 7.99. The second-order valence-electron chi connectivity index (χ2n) is 6.65. The molecule has 0 fully saturated rings. The molecular weight excluding hydrogens is 420 g/mol. The Labute approximate surface area is 182 Å². The fraction of sp³-hybridized carbons (Fsp3) is 0.200. The first kappa shape index (κ1) is 22.0. The summed E-state index contributed by atoms with van der Waals surface area (Å²) in [7, 11) is 1.73. The third-order valence-electron chi connectivity index (χ3n) is 4.32. The van der Waals surface area contributed by atoms with Gasteiger partial charge in [0, 0.05) is 30.4 Å². The molecule has 0 unspecified atom stereocenters. The highest BCUT2D eigenvalue weighted by atomic mass is 32.2. The number of hydrogen-bond acceptors (Lipinski definition) is 7. The summed E-state index contributed by atoms with van der Waals surface area (Å²) in [6, 6.07) is 13.0. The molecule has 3 aromatic rings. The topological polar surface area (TPSA) is 132 Å². The Hall–Kier alpha value is -3.73. The van der Waals surface area contributed by atoms with Crippen LogP contribution in [0.1, 0.15) is 21.7 Å². The minimum Gasteiger partial charge on any atom is -0.345 e. The van der Waals surface area contributed by atoms with E-state index in [1.165, 1.54) is 36.0 Å². The number of aromatic nitrogens is 3. The monoisotopic (exact) mass is 440 g/mol. The molecule has 0 saturated carbocycles. The first-order valence-electron chi connectivity index (χ1n) is 9.23. The van der Waals surface area contributed by atoms with Crippen LogP contribution >= 0.6 is 11.8 Å². The molecule has 0 atom stereocenters. The van der Waals surface area contributed by atoms with E-state index in [1.807, 2.05) is 31.2 Å². The summed E-state index contributed by atoms with van der Waals surface area (Å²) in [5.74, 6) is 0.0101. The predicted molar refractivity (Wildman–Crippen MR) is 116 cm³/mol. The van der Waals surface area contributed by atoms with Crippen molar-refractivity contribution in [2.75, 3.05) is 11.1 Å². The van der Waals surface area contributed by atoms with Crippen LogP contribution in [-0.2, 0) is 18.4 Å². The Morgan fingerprint density at radius 1 is 1.16 bits per heavy atom.